The van der Waals surface area contributed by atoms with Crippen LogP contribution in [0.4, 0.5) is 13.2 Å². The summed E-state index contributed by atoms with van der Waals surface area (Å²) in [6, 6.07) is 7.38. The third-order valence-corrected chi connectivity index (χ3v) is 2.92. The summed E-state index contributed by atoms with van der Waals surface area (Å²) >= 11 is 0. The Morgan fingerprint density at radius 3 is 2.14 bits per heavy atom. The number of allylic oxidation sites excluding steroid dienone is 1. The number of halogens is 3. The largest absolute Gasteiger partial charge is 0.465 e. The second-order valence-corrected chi connectivity index (χ2v) is 4.34. The summed E-state index contributed by atoms with van der Waals surface area (Å²) in [6.45, 7) is 2.52. The number of ether oxygens (including phenoxy) is 1. The van der Waals surface area contributed by atoms with Crippen LogP contribution in [-0.2, 0) is 14.3 Å². The number of carbonyl (C=O) groups is 2. The molecule has 0 saturated carbocycles. The van der Waals surface area contributed by atoms with Gasteiger partial charge in [-0.25, -0.2) is 4.39 Å². The molecule has 0 radical (unpaired) electrons. The summed E-state index contributed by atoms with van der Waals surface area (Å²) in [4.78, 5) is 23.5. The number of esters is 1. The second kappa shape index (κ2) is 7.61. The van der Waals surface area contributed by atoms with Gasteiger partial charge in [0.25, 0.3) is 0 Å². The van der Waals surface area contributed by atoms with E-state index < -0.39 is 35.5 Å². The smallest absolute Gasteiger partial charge is 0.317 e. The number of hydrogen-bond donors (Lipinski definition) is 0. The van der Waals surface area contributed by atoms with E-state index in [4.69, 9.17) is 4.74 Å². The molecule has 2 atom stereocenters. The van der Waals surface area contributed by atoms with Crippen LogP contribution in [0.3, 0.4) is 0 Å². The summed E-state index contributed by atoms with van der Waals surface area (Å²) in [5, 5.41) is 0. The molecule has 0 amide bonds. The zero-order valence-electron chi connectivity index (χ0n) is 11.6. The maximum Gasteiger partial charge on any atom is 0.317 e. The quantitative estimate of drug-likeness (QED) is 0.595. The van der Waals surface area contributed by atoms with Crippen molar-refractivity contribution in [1.82, 2.24) is 0 Å². The molecule has 1 rings (SSSR count). The van der Waals surface area contributed by atoms with Crippen molar-refractivity contribution in [3.63, 3.8) is 0 Å². The second-order valence-electron chi connectivity index (χ2n) is 4.34. The van der Waals surface area contributed by atoms with E-state index in [1.54, 1.807) is 6.07 Å². The van der Waals surface area contributed by atoms with E-state index in [0.717, 1.165) is 6.92 Å². The third kappa shape index (κ3) is 4.18. The molecule has 0 N–H and O–H groups in total. The summed E-state index contributed by atoms with van der Waals surface area (Å²) < 4.78 is 43.9. The molecule has 0 aromatic heterocycles. The lowest BCUT2D eigenvalue weighted by molar-refractivity contribution is -0.151. The predicted octanol–water partition coefficient (Wildman–Crippen LogP) is 3.62. The number of ketones is 1. The van der Waals surface area contributed by atoms with Crippen molar-refractivity contribution < 1.29 is 27.5 Å². The highest BCUT2D eigenvalue weighted by Gasteiger charge is 2.39. The molecule has 0 aliphatic rings. The zero-order valence-corrected chi connectivity index (χ0v) is 11.6. The van der Waals surface area contributed by atoms with Crippen molar-refractivity contribution in [2.45, 2.75) is 19.8 Å². The third-order valence-electron chi connectivity index (χ3n) is 2.92. The molecule has 0 heterocycles. The van der Waals surface area contributed by atoms with Gasteiger partial charge in [-0.15, -0.1) is 0 Å². The summed E-state index contributed by atoms with van der Waals surface area (Å²) in [5.74, 6) is -6.88. The van der Waals surface area contributed by atoms with Gasteiger partial charge in [-0.3, -0.25) is 9.59 Å². The van der Waals surface area contributed by atoms with Gasteiger partial charge in [0.2, 0.25) is 0 Å². The van der Waals surface area contributed by atoms with Crippen LogP contribution in [0.2, 0.25) is 0 Å². The normalized spacial score (nSPS) is 13.2. The van der Waals surface area contributed by atoms with Gasteiger partial charge in [0.1, 0.15) is 11.7 Å². The molecule has 21 heavy (non-hydrogen) atoms. The first-order chi connectivity index (χ1) is 9.90. The van der Waals surface area contributed by atoms with E-state index in [1.807, 2.05) is 0 Å². The highest BCUT2D eigenvalue weighted by molar-refractivity contribution is 5.99. The molecule has 2 unspecified atom stereocenters. The predicted molar refractivity (Wildman–Crippen MR) is 70.3 cm³/mol. The van der Waals surface area contributed by atoms with E-state index in [0.29, 0.717) is 0 Å². The van der Waals surface area contributed by atoms with Gasteiger partial charge in [-0.1, -0.05) is 30.3 Å². The van der Waals surface area contributed by atoms with Crippen molar-refractivity contribution >= 4 is 11.8 Å². The molecule has 0 bridgehead atoms. The van der Waals surface area contributed by atoms with Crippen LogP contribution in [0.25, 0.3) is 0 Å². The van der Waals surface area contributed by atoms with Crippen LogP contribution in [0.5, 0.6) is 0 Å². The molecule has 0 spiro atoms. The summed E-state index contributed by atoms with van der Waals surface area (Å²) in [6.07, 6.45) is -2.56. The van der Waals surface area contributed by atoms with Gasteiger partial charge in [0.05, 0.1) is 12.5 Å². The first-order valence-electron chi connectivity index (χ1n) is 6.32. The zero-order chi connectivity index (χ0) is 16.0. The Hall–Kier alpha value is -2.11. The maximum atomic E-state index is 13.9. The van der Waals surface area contributed by atoms with Gasteiger partial charge in [-0.2, -0.15) is 8.78 Å². The Labute approximate surface area is 120 Å². The molecular formula is C15H15F3O3. The lowest BCUT2D eigenvalue weighted by atomic mass is 9.82. The molecule has 0 aliphatic carbocycles. The highest BCUT2D eigenvalue weighted by Crippen LogP contribution is 2.36. The Balaban J connectivity index is 3.37. The van der Waals surface area contributed by atoms with E-state index in [2.05, 4.69) is 0 Å². The fourth-order valence-corrected chi connectivity index (χ4v) is 2.03. The van der Waals surface area contributed by atoms with Gasteiger partial charge in [0, 0.05) is 0 Å². The van der Waals surface area contributed by atoms with E-state index >= 15 is 0 Å². The van der Waals surface area contributed by atoms with Crippen molar-refractivity contribution in [2.24, 2.45) is 5.92 Å². The molecule has 3 nitrogen and oxygen atoms in total. The van der Waals surface area contributed by atoms with Crippen LogP contribution < -0.4 is 0 Å². The van der Waals surface area contributed by atoms with Crippen molar-refractivity contribution in [3.8, 4) is 0 Å². The fourth-order valence-electron chi connectivity index (χ4n) is 2.03. The van der Waals surface area contributed by atoms with Gasteiger partial charge in [-0.05, 0) is 19.4 Å². The minimum absolute atomic E-state index is 0.0342. The highest BCUT2D eigenvalue weighted by atomic mass is 19.3. The average molecular weight is 300 g/mol. The Morgan fingerprint density at radius 1 is 1.14 bits per heavy atom. The Bertz CT molecular complexity index is 536. The van der Waals surface area contributed by atoms with Crippen molar-refractivity contribution in [3.05, 3.63) is 47.8 Å². The van der Waals surface area contributed by atoms with Crippen LogP contribution in [-0.4, -0.2) is 18.4 Å². The Kier molecular flexibility index (Phi) is 6.14. The van der Waals surface area contributed by atoms with Crippen LogP contribution in [0.15, 0.2) is 42.2 Å². The monoisotopic (exact) mass is 300 g/mol. The molecule has 0 fully saturated rings. The van der Waals surface area contributed by atoms with Crippen LogP contribution in [0, 0.1) is 5.92 Å². The molecule has 114 valence electrons. The molecule has 0 saturated heterocycles. The summed E-state index contributed by atoms with van der Waals surface area (Å²) in [7, 11) is 0. The number of rotatable bonds is 6. The molecule has 6 heteroatoms. The number of Topliss-reactive ketones (excluding diaryl/α,β-unsaturated/α-hetero) is 1. The van der Waals surface area contributed by atoms with Gasteiger partial charge < -0.3 is 4.74 Å². The SMILES string of the molecule is CCOC(=O)C(C(C)=O)C(C(F)=C(F)F)c1ccccc1. The van der Waals surface area contributed by atoms with Gasteiger partial charge >= 0.3 is 12.0 Å². The average Bonchev–Trinajstić information content (AvgIpc) is 2.44. The first-order valence-corrected chi connectivity index (χ1v) is 6.32. The standard InChI is InChI=1S/C15H15F3O3/c1-3-21-15(20)11(9(2)19)12(13(16)14(17)18)10-7-5-4-6-8-10/h4-8,11-12H,3H2,1-2H3. The molecule has 0 aliphatic heterocycles. The van der Waals surface area contributed by atoms with E-state index in [1.165, 1.54) is 31.2 Å². The molecule has 1 aromatic carbocycles. The van der Waals surface area contributed by atoms with Gasteiger partial charge in [0.15, 0.2) is 5.83 Å². The minimum atomic E-state index is -2.56. The number of benzene rings is 1. The first kappa shape index (κ1) is 16.9. The molecule has 1 aromatic rings. The fraction of sp³-hybridized carbons (Fsp3) is 0.333. The maximum absolute atomic E-state index is 13.9. The summed E-state index contributed by atoms with van der Waals surface area (Å²) in [5.41, 5.74) is 0.107. The number of carbonyl (C=O) groups excluding carboxylic acids is 2. The topological polar surface area (TPSA) is 43.4 Å². The van der Waals surface area contributed by atoms with Crippen LogP contribution >= 0.6 is 0 Å². The van der Waals surface area contributed by atoms with E-state index in [-0.39, 0.29) is 12.2 Å². The van der Waals surface area contributed by atoms with Crippen molar-refractivity contribution in [2.75, 3.05) is 6.61 Å². The van der Waals surface area contributed by atoms with E-state index in [9.17, 15) is 22.8 Å². The van der Waals surface area contributed by atoms with Crippen molar-refractivity contribution in [1.29, 1.82) is 0 Å². The lowest BCUT2D eigenvalue weighted by Gasteiger charge is -2.22. The Morgan fingerprint density at radius 2 is 1.71 bits per heavy atom. The lowest BCUT2D eigenvalue weighted by Crippen LogP contribution is -2.31. The van der Waals surface area contributed by atoms with Crippen LogP contribution in [0.1, 0.15) is 25.3 Å². The minimum Gasteiger partial charge on any atom is -0.465 e. The number of hydrogen-bond acceptors (Lipinski definition) is 3. The molecular weight excluding hydrogens is 285 g/mol.